The van der Waals surface area contributed by atoms with Gasteiger partial charge < -0.3 is 43.7 Å². The number of aliphatic hydroxyl groups excluding tert-OH is 3. The summed E-state index contributed by atoms with van der Waals surface area (Å²) in [7, 11) is 0. The predicted octanol–water partition coefficient (Wildman–Crippen LogP) is 4.44. The Morgan fingerprint density at radius 1 is 0.481 bits per heavy atom. The zero-order valence-corrected chi connectivity index (χ0v) is 31.2. The third-order valence-corrected chi connectivity index (χ3v) is 8.07. The number of aromatic nitrogens is 3. The second-order valence-corrected chi connectivity index (χ2v) is 11.5. The molecule has 0 saturated heterocycles. The van der Waals surface area contributed by atoms with E-state index in [1.165, 1.54) is 0 Å². The van der Waals surface area contributed by atoms with Gasteiger partial charge in [0.1, 0.15) is 37.1 Å². The first kappa shape index (κ1) is 41.1. The highest BCUT2D eigenvalue weighted by Crippen LogP contribution is 2.40. The van der Waals surface area contributed by atoms with E-state index in [0.29, 0.717) is 33.4 Å². The van der Waals surface area contributed by atoms with Gasteiger partial charge in [-0.2, -0.15) is 0 Å². The maximum Gasteiger partial charge on any atom is 0.338 e. The van der Waals surface area contributed by atoms with Crippen molar-refractivity contribution in [1.82, 2.24) is 15.0 Å². The summed E-state index contributed by atoms with van der Waals surface area (Å²) < 4.78 is 33.7. The molecule has 288 valence electrons. The van der Waals surface area contributed by atoms with Gasteiger partial charge in [0, 0.05) is 16.7 Å². The lowest BCUT2D eigenvalue weighted by Crippen LogP contribution is -2.13. The van der Waals surface area contributed by atoms with Gasteiger partial charge in [-0.15, -0.1) is 0 Å². The van der Waals surface area contributed by atoms with Crippen LogP contribution in [0.2, 0.25) is 0 Å². The smallest absolute Gasteiger partial charge is 0.338 e. The zero-order valence-electron chi connectivity index (χ0n) is 31.2. The van der Waals surface area contributed by atoms with Gasteiger partial charge in [-0.25, -0.2) is 29.3 Å². The average Bonchev–Trinajstić information content (AvgIpc) is 3.16. The molecular formula is C39H45N3O12. The molecule has 1 heterocycles. The SMILES string of the molecule is CCOC(=O)c1ccc(-c2nc(-c3ccc(C(=O)OCC)c(C)c3OCCO)nc(-c3ccc(C(=O)OCC)c(C)c3OCCO)n2)c(OCCO)c1C. The van der Waals surface area contributed by atoms with Gasteiger partial charge in [0.05, 0.1) is 73.0 Å². The van der Waals surface area contributed by atoms with Gasteiger partial charge in [0.2, 0.25) is 0 Å². The van der Waals surface area contributed by atoms with E-state index in [0.717, 1.165) is 0 Å². The fraction of sp³-hybridized carbons (Fsp3) is 0.385. The molecule has 0 atom stereocenters. The summed E-state index contributed by atoms with van der Waals surface area (Å²) in [5.74, 6) is -0.892. The van der Waals surface area contributed by atoms with Crippen molar-refractivity contribution in [3.63, 3.8) is 0 Å². The van der Waals surface area contributed by atoms with Crippen molar-refractivity contribution in [2.24, 2.45) is 0 Å². The highest BCUT2D eigenvalue weighted by atomic mass is 16.5. The molecule has 0 bridgehead atoms. The summed E-state index contributed by atoms with van der Waals surface area (Å²) in [6.07, 6.45) is 0. The Labute approximate surface area is 312 Å². The third-order valence-electron chi connectivity index (χ3n) is 8.07. The number of carbonyl (C=O) groups excluding carboxylic acids is 3. The summed E-state index contributed by atoms with van der Waals surface area (Å²) in [4.78, 5) is 53.1. The van der Waals surface area contributed by atoms with Gasteiger partial charge in [-0.1, -0.05) is 0 Å². The van der Waals surface area contributed by atoms with Crippen LogP contribution in [0, 0.1) is 20.8 Å². The Hall–Kier alpha value is -5.64. The molecule has 0 aliphatic carbocycles. The Morgan fingerprint density at radius 3 is 0.963 bits per heavy atom. The van der Waals surface area contributed by atoms with E-state index in [-0.39, 0.29) is 111 Å². The first-order valence-electron chi connectivity index (χ1n) is 17.5. The largest absolute Gasteiger partial charge is 0.490 e. The van der Waals surface area contributed by atoms with Crippen LogP contribution in [-0.4, -0.2) is 108 Å². The van der Waals surface area contributed by atoms with Gasteiger partial charge in [0.25, 0.3) is 0 Å². The summed E-state index contributed by atoms with van der Waals surface area (Å²) >= 11 is 0. The standard InChI is InChI=1S/C39H45N3O12/c1-7-49-37(46)25-10-13-28(31(22(25)4)52-19-16-43)34-40-35(29-14-11-26(38(47)50-8-2)23(5)32(29)53-20-17-44)42-36(41-34)30-15-12-27(39(48)51-9-3)24(6)33(30)54-21-18-45/h10-15,43-45H,7-9,16-21H2,1-6H3. The van der Waals surface area contributed by atoms with E-state index in [2.05, 4.69) is 0 Å². The highest BCUT2D eigenvalue weighted by molar-refractivity contribution is 5.95. The number of esters is 3. The fourth-order valence-corrected chi connectivity index (χ4v) is 5.63. The number of carbonyl (C=O) groups is 3. The van der Waals surface area contributed by atoms with Gasteiger partial charge >= 0.3 is 17.9 Å². The quantitative estimate of drug-likeness (QED) is 0.0950. The maximum atomic E-state index is 12.9. The molecule has 15 nitrogen and oxygen atoms in total. The lowest BCUT2D eigenvalue weighted by molar-refractivity contribution is 0.0515. The van der Waals surface area contributed by atoms with Crippen molar-refractivity contribution in [2.75, 3.05) is 59.5 Å². The molecule has 0 fully saturated rings. The molecule has 4 aromatic rings. The molecule has 0 saturated carbocycles. The van der Waals surface area contributed by atoms with Crippen molar-refractivity contribution >= 4 is 17.9 Å². The third kappa shape index (κ3) is 9.10. The zero-order chi connectivity index (χ0) is 39.4. The second-order valence-electron chi connectivity index (χ2n) is 11.5. The van der Waals surface area contributed by atoms with E-state index < -0.39 is 17.9 Å². The second kappa shape index (κ2) is 19.4. The molecule has 4 rings (SSSR count). The first-order valence-corrected chi connectivity index (χ1v) is 17.5. The summed E-state index contributed by atoms with van der Waals surface area (Å²) in [5, 5.41) is 29.1. The molecule has 0 aliphatic rings. The molecule has 0 aliphatic heterocycles. The van der Waals surface area contributed by atoms with Crippen LogP contribution in [-0.2, 0) is 14.2 Å². The van der Waals surface area contributed by atoms with Crippen molar-refractivity contribution < 1.29 is 58.1 Å². The van der Waals surface area contributed by atoms with Crippen molar-refractivity contribution in [3.8, 4) is 51.4 Å². The Morgan fingerprint density at radius 2 is 0.741 bits per heavy atom. The van der Waals surface area contributed by atoms with E-state index in [9.17, 15) is 29.7 Å². The minimum absolute atomic E-state index is 0.0712. The molecule has 0 radical (unpaired) electrons. The van der Waals surface area contributed by atoms with Gasteiger partial charge in [0.15, 0.2) is 17.5 Å². The number of aliphatic hydroxyl groups is 3. The normalized spacial score (nSPS) is 10.8. The van der Waals surface area contributed by atoms with Gasteiger partial charge in [-0.05, 0) is 77.9 Å². The maximum absolute atomic E-state index is 12.9. The fourth-order valence-electron chi connectivity index (χ4n) is 5.63. The molecular weight excluding hydrogens is 702 g/mol. The predicted molar refractivity (Wildman–Crippen MR) is 196 cm³/mol. The average molecular weight is 748 g/mol. The van der Waals surface area contributed by atoms with Crippen LogP contribution in [0.5, 0.6) is 17.2 Å². The van der Waals surface area contributed by atoms with Crippen LogP contribution in [0.15, 0.2) is 36.4 Å². The van der Waals surface area contributed by atoms with Crippen molar-refractivity contribution in [3.05, 3.63) is 69.8 Å². The monoisotopic (exact) mass is 747 g/mol. The van der Waals surface area contributed by atoms with Crippen LogP contribution in [0.3, 0.4) is 0 Å². The van der Waals surface area contributed by atoms with Crippen LogP contribution in [0.4, 0.5) is 0 Å². The molecule has 54 heavy (non-hydrogen) atoms. The Balaban J connectivity index is 2.11. The molecule has 15 heteroatoms. The molecule has 0 unspecified atom stereocenters. The number of hydrogen-bond donors (Lipinski definition) is 3. The van der Waals surface area contributed by atoms with Crippen LogP contribution >= 0.6 is 0 Å². The molecule has 1 aromatic heterocycles. The number of benzene rings is 3. The summed E-state index contributed by atoms with van der Waals surface area (Å²) in [5.41, 5.74) is 2.91. The summed E-state index contributed by atoms with van der Waals surface area (Å²) in [6, 6.07) is 9.43. The van der Waals surface area contributed by atoms with Crippen molar-refractivity contribution in [2.45, 2.75) is 41.5 Å². The minimum atomic E-state index is -0.571. The molecule has 0 amide bonds. The lowest BCUT2D eigenvalue weighted by Gasteiger charge is -2.19. The van der Waals surface area contributed by atoms with Gasteiger partial charge in [-0.3, -0.25) is 0 Å². The van der Waals surface area contributed by atoms with Crippen LogP contribution in [0.25, 0.3) is 34.2 Å². The highest BCUT2D eigenvalue weighted by Gasteiger charge is 2.27. The van der Waals surface area contributed by atoms with Crippen LogP contribution < -0.4 is 14.2 Å². The molecule has 3 aromatic carbocycles. The lowest BCUT2D eigenvalue weighted by atomic mass is 10.0. The van der Waals surface area contributed by atoms with Crippen LogP contribution in [0.1, 0.15) is 68.5 Å². The Kier molecular flexibility index (Phi) is 14.8. The van der Waals surface area contributed by atoms with E-state index in [1.54, 1.807) is 77.9 Å². The topological polar surface area (TPSA) is 206 Å². The number of hydrogen-bond acceptors (Lipinski definition) is 15. The number of rotatable bonds is 18. The number of nitrogens with zero attached hydrogens (tertiary/aromatic N) is 3. The van der Waals surface area contributed by atoms with Crippen molar-refractivity contribution in [1.29, 1.82) is 0 Å². The molecule has 3 N–H and O–H groups in total. The molecule has 0 spiro atoms. The number of ether oxygens (including phenoxy) is 6. The summed E-state index contributed by atoms with van der Waals surface area (Å²) in [6.45, 7) is 9.19. The Bertz CT molecular complexity index is 1750. The first-order chi connectivity index (χ1) is 26.1. The van der Waals surface area contributed by atoms with E-state index in [1.807, 2.05) is 0 Å². The van der Waals surface area contributed by atoms with E-state index in [4.69, 9.17) is 43.4 Å². The minimum Gasteiger partial charge on any atom is -0.490 e. The van der Waals surface area contributed by atoms with E-state index >= 15 is 0 Å².